The molecule has 1 aliphatic carbocycles. The standard InChI is InChI=1S/C7H10FN/c8-7-4-2-1-3-6(7)5-9/h1,3H,2,4-5,9H2. The molecule has 9 heavy (non-hydrogen) atoms. The predicted molar refractivity (Wildman–Crippen MR) is 35.6 cm³/mol. The maximum Gasteiger partial charge on any atom is 0.105 e. The third-order valence-corrected chi connectivity index (χ3v) is 1.42. The molecule has 0 aliphatic heterocycles. The van der Waals surface area contributed by atoms with E-state index in [1.54, 1.807) is 6.08 Å². The average Bonchev–Trinajstić information content (AvgIpc) is 1.89. The second-order valence-electron chi connectivity index (χ2n) is 2.08. The predicted octanol–water partition coefficient (Wildman–Crippen LogP) is 1.52. The number of hydrogen-bond acceptors (Lipinski definition) is 1. The third kappa shape index (κ3) is 1.39. The van der Waals surface area contributed by atoms with Crippen LogP contribution in [0.4, 0.5) is 4.39 Å². The SMILES string of the molecule is NCC1=C(F)CCC=C1. The van der Waals surface area contributed by atoms with Crippen LogP contribution in [0, 0.1) is 0 Å². The second-order valence-corrected chi connectivity index (χ2v) is 2.08. The van der Waals surface area contributed by atoms with Crippen molar-refractivity contribution in [1.29, 1.82) is 0 Å². The maximum absolute atomic E-state index is 12.6. The van der Waals surface area contributed by atoms with Gasteiger partial charge in [0.15, 0.2) is 0 Å². The fourth-order valence-electron chi connectivity index (χ4n) is 0.865. The van der Waals surface area contributed by atoms with Gasteiger partial charge in [-0.05, 0) is 12.0 Å². The summed E-state index contributed by atoms with van der Waals surface area (Å²) >= 11 is 0. The van der Waals surface area contributed by atoms with Crippen LogP contribution in [-0.4, -0.2) is 6.54 Å². The van der Waals surface area contributed by atoms with Crippen LogP contribution in [0.2, 0.25) is 0 Å². The molecule has 0 spiro atoms. The molecular formula is C7H10FN. The van der Waals surface area contributed by atoms with Crippen molar-refractivity contribution in [3.8, 4) is 0 Å². The van der Waals surface area contributed by atoms with Crippen LogP contribution in [-0.2, 0) is 0 Å². The highest BCUT2D eigenvalue weighted by Gasteiger charge is 2.04. The minimum absolute atomic E-state index is 0.0417. The van der Waals surface area contributed by atoms with E-state index in [2.05, 4.69) is 0 Å². The first-order valence-corrected chi connectivity index (χ1v) is 3.08. The quantitative estimate of drug-likeness (QED) is 0.567. The lowest BCUT2D eigenvalue weighted by Gasteiger charge is -2.05. The normalized spacial score (nSPS) is 18.9. The van der Waals surface area contributed by atoms with Gasteiger partial charge in [-0.1, -0.05) is 12.2 Å². The van der Waals surface area contributed by atoms with E-state index in [1.807, 2.05) is 6.08 Å². The highest BCUT2D eigenvalue weighted by Crippen LogP contribution is 2.18. The van der Waals surface area contributed by atoms with Gasteiger partial charge in [0.2, 0.25) is 0 Å². The van der Waals surface area contributed by atoms with E-state index in [4.69, 9.17) is 5.73 Å². The Bertz CT molecular complexity index is 158. The Morgan fingerprint density at radius 1 is 1.67 bits per heavy atom. The van der Waals surface area contributed by atoms with Gasteiger partial charge in [-0.15, -0.1) is 0 Å². The summed E-state index contributed by atoms with van der Waals surface area (Å²) in [6.45, 7) is 0.322. The molecule has 2 N–H and O–H groups in total. The molecule has 0 radical (unpaired) electrons. The summed E-state index contributed by atoms with van der Waals surface area (Å²) in [5, 5.41) is 0. The summed E-state index contributed by atoms with van der Waals surface area (Å²) in [5.74, 6) is -0.0417. The summed E-state index contributed by atoms with van der Waals surface area (Å²) in [5.41, 5.74) is 5.90. The van der Waals surface area contributed by atoms with Gasteiger partial charge in [-0.3, -0.25) is 0 Å². The first-order chi connectivity index (χ1) is 4.34. The zero-order chi connectivity index (χ0) is 6.69. The van der Waals surface area contributed by atoms with Gasteiger partial charge >= 0.3 is 0 Å². The van der Waals surface area contributed by atoms with Crippen molar-refractivity contribution >= 4 is 0 Å². The van der Waals surface area contributed by atoms with Gasteiger partial charge in [0.25, 0.3) is 0 Å². The number of halogens is 1. The molecule has 0 saturated carbocycles. The summed E-state index contributed by atoms with van der Waals surface area (Å²) in [6.07, 6.45) is 5.06. The van der Waals surface area contributed by atoms with Crippen LogP contribution in [0.5, 0.6) is 0 Å². The van der Waals surface area contributed by atoms with Crippen molar-refractivity contribution in [2.45, 2.75) is 12.8 Å². The molecule has 50 valence electrons. The van der Waals surface area contributed by atoms with Gasteiger partial charge in [0.1, 0.15) is 5.83 Å². The minimum atomic E-state index is -0.0417. The van der Waals surface area contributed by atoms with Crippen molar-refractivity contribution in [3.63, 3.8) is 0 Å². The van der Waals surface area contributed by atoms with Crippen LogP contribution in [0.1, 0.15) is 12.8 Å². The Labute approximate surface area is 54.0 Å². The lowest BCUT2D eigenvalue weighted by Crippen LogP contribution is -2.04. The van der Waals surface area contributed by atoms with E-state index in [1.165, 1.54) is 0 Å². The van der Waals surface area contributed by atoms with E-state index in [-0.39, 0.29) is 5.83 Å². The van der Waals surface area contributed by atoms with Crippen molar-refractivity contribution < 1.29 is 4.39 Å². The number of hydrogen-bond donors (Lipinski definition) is 1. The van der Waals surface area contributed by atoms with Crippen LogP contribution in [0.15, 0.2) is 23.6 Å². The summed E-state index contributed by atoms with van der Waals surface area (Å²) < 4.78 is 12.6. The molecule has 0 aromatic heterocycles. The zero-order valence-electron chi connectivity index (χ0n) is 5.23. The molecule has 0 atom stereocenters. The molecular weight excluding hydrogens is 117 g/mol. The van der Waals surface area contributed by atoms with Gasteiger partial charge in [0.05, 0.1) is 0 Å². The smallest absolute Gasteiger partial charge is 0.105 e. The first kappa shape index (κ1) is 6.49. The molecule has 0 saturated heterocycles. The summed E-state index contributed by atoms with van der Waals surface area (Å²) in [7, 11) is 0. The van der Waals surface area contributed by atoms with Crippen LogP contribution >= 0.6 is 0 Å². The molecule has 0 aromatic carbocycles. The van der Waals surface area contributed by atoms with Crippen LogP contribution in [0.25, 0.3) is 0 Å². The first-order valence-electron chi connectivity index (χ1n) is 3.08. The molecule has 0 heterocycles. The van der Waals surface area contributed by atoms with Gasteiger partial charge in [0, 0.05) is 13.0 Å². The van der Waals surface area contributed by atoms with E-state index in [9.17, 15) is 4.39 Å². The van der Waals surface area contributed by atoms with Crippen LogP contribution in [0.3, 0.4) is 0 Å². The number of nitrogens with two attached hydrogens (primary N) is 1. The Hall–Kier alpha value is -0.630. The highest BCUT2D eigenvalue weighted by atomic mass is 19.1. The number of rotatable bonds is 1. The monoisotopic (exact) mass is 127 g/mol. The van der Waals surface area contributed by atoms with Crippen LogP contribution < -0.4 is 5.73 Å². The van der Waals surface area contributed by atoms with E-state index >= 15 is 0 Å². The van der Waals surface area contributed by atoms with E-state index < -0.39 is 0 Å². The summed E-state index contributed by atoms with van der Waals surface area (Å²) in [6, 6.07) is 0. The Morgan fingerprint density at radius 2 is 2.44 bits per heavy atom. The van der Waals surface area contributed by atoms with Crippen molar-refractivity contribution in [2.75, 3.05) is 6.54 Å². The lowest BCUT2D eigenvalue weighted by atomic mass is 10.1. The molecule has 1 rings (SSSR count). The fraction of sp³-hybridized carbons (Fsp3) is 0.429. The molecule has 2 heteroatoms. The maximum atomic E-state index is 12.6. The lowest BCUT2D eigenvalue weighted by molar-refractivity contribution is 0.575. The highest BCUT2D eigenvalue weighted by molar-refractivity contribution is 5.26. The molecule has 0 unspecified atom stereocenters. The Balaban J connectivity index is 2.72. The fourth-order valence-corrected chi connectivity index (χ4v) is 0.865. The van der Waals surface area contributed by atoms with Gasteiger partial charge in [-0.25, -0.2) is 4.39 Å². The molecule has 0 bridgehead atoms. The Kier molecular flexibility index (Phi) is 2.01. The largest absolute Gasteiger partial charge is 0.326 e. The van der Waals surface area contributed by atoms with E-state index in [0.29, 0.717) is 18.5 Å². The molecule has 1 aliphatic rings. The average molecular weight is 127 g/mol. The molecule has 0 fully saturated rings. The topological polar surface area (TPSA) is 26.0 Å². The zero-order valence-corrected chi connectivity index (χ0v) is 5.23. The van der Waals surface area contributed by atoms with Gasteiger partial charge < -0.3 is 5.73 Å². The molecule has 0 amide bonds. The Morgan fingerprint density at radius 3 is 2.89 bits per heavy atom. The number of allylic oxidation sites excluding steroid dienone is 2. The molecule has 1 nitrogen and oxygen atoms in total. The minimum Gasteiger partial charge on any atom is -0.326 e. The van der Waals surface area contributed by atoms with Crippen molar-refractivity contribution in [1.82, 2.24) is 0 Å². The van der Waals surface area contributed by atoms with E-state index in [0.717, 1.165) is 6.42 Å². The van der Waals surface area contributed by atoms with Crippen molar-refractivity contribution in [2.24, 2.45) is 5.73 Å². The summed E-state index contributed by atoms with van der Waals surface area (Å²) in [4.78, 5) is 0. The second kappa shape index (κ2) is 2.78. The molecule has 0 aromatic rings. The third-order valence-electron chi connectivity index (χ3n) is 1.42. The van der Waals surface area contributed by atoms with Gasteiger partial charge in [-0.2, -0.15) is 0 Å². The van der Waals surface area contributed by atoms with Crippen molar-refractivity contribution in [3.05, 3.63) is 23.6 Å².